The normalized spacial score (nSPS) is 14.4. The van der Waals surface area contributed by atoms with E-state index in [1.807, 2.05) is 0 Å². The molecule has 1 aromatic heterocycles. The summed E-state index contributed by atoms with van der Waals surface area (Å²) in [6.07, 6.45) is 0. The Morgan fingerprint density at radius 3 is 2.00 bits per heavy atom. The minimum atomic E-state index is -1.000. The zero-order valence-electron chi connectivity index (χ0n) is 9.71. The maximum Gasteiger partial charge on any atom is 0.115 e. The Hall–Kier alpha value is 1.34. The summed E-state index contributed by atoms with van der Waals surface area (Å²) in [5.41, 5.74) is 0. The zero-order valence-corrected chi connectivity index (χ0v) is 15.1. The van der Waals surface area contributed by atoms with Crippen LogP contribution in [0.15, 0.2) is 4.36 Å². The van der Waals surface area contributed by atoms with Crippen LogP contribution in [0, 0.1) is 0 Å². The van der Waals surface area contributed by atoms with E-state index in [4.69, 9.17) is 0 Å². The molecule has 0 aromatic carbocycles. The van der Waals surface area contributed by atoms with Gasteiger partial charge in [0.2, 0.25) is 0 Å². The molecule has 0 fully saturated rings. The lowest BCUT2D eigenvalue weighted by molar-refractivity contribution is 1.82. The summed E-state index contributed by atoms with van der Waals surface area (Å²) < 4.78 is 3.48. The first-order chi connectivity index (χ1) is 6.18. The van der Waals surface area contributed by atoms with Crippen LogP contribution in [0.3, 0.4) is 0 Å². The van der Waals surface area contributed by atoms with Crippen molar-refractivity contribution in [2.24, 2.45) is 0 Å². The molecule has 0 saturated carbocycles. The molecule has 0 nitrogen and oxygen atoms in total. The smallest absolute Gasteiger partial charge is 0.115 e. The van der Waals surface area contributed by atoms with Gasteiger partial charge in [-0.3, -0.25) is 0 Å². The number of hydrogen-bond donors (Lipinski definition) is 0. The molecule has 0 aliphatic heterocycles. The summed E-state index contributed by atoms with van der Waals surface area (Å²) in [6, 6.07) is 0. The van der Waals surface area contributed by atoms with E-state index in [1.165, 1.54) is 7.37 Å². The van der Waals surface area contributed by atoms with Crippen molar-refractivity contribution in [3.63, 3.8) is 0 Å². The molecule has 0 aliphatic rings. The number of hydrogen-bond acceptors (Lipinski definition) is 2. The largest absolute Gasteiger partial charge is 0.142 e. The third kappa shape index (κ3) is 4.46. The molecule has 0 saturated heterocycles. The third-order valence-electron chi connectivity index (χ3n) is 1.45. The molecule has 0 spiro atoms. The van der Waals surface area contributed by atoms with Crippen molar-refractivity contribution < 1.29 is 0 Å². The highest BCUT2D eigenvalue weighted by atomic mass is 32.5. The molecule has 0 radical (unpaired) electrons. The molecular weight excluding hydrogens is 278 g/mol. The molecule has 80 valence electrons. The van der Waals surface area contributed by atoms with Crippen LogP contribution in [0.1, 0.15) is 0 Å². The van der Waals surface area contributed by atoms with Crippen molar-refractivity contribution in [3.05, 3.63) is 0 Å². The second-order valence-corrected chi connectivity index (χ2v) is 24.9. The lowest BCUT2D eigenvalue weighted by Crippen LogP contribution is -2.32. The lowest BCUT2D eigenvalue weighted by atomic mass is 11.7. The Morgan fingerprint density at radius 2 is 1.64 bits per heavy atom. The van der Waals surface area contributed by atoms with E-state index >= 15 is 0 Å². The van der Waals surface area contributed by atoms with Gasteiger partial charge in [0.05, 0.1) is 12.4 Å². The summed E-state index contributed by atoms with van der Waals surface area (Å²) in [7, 11) is 3.25. The Balaban J connectivity index is 2.79. The van der Waals surface area contributed by atoms with E-state index in [-0.39, 0.29) is 0 Å². The van der Waals surface area contributed by atoms with Crippen molar-refractivity contribution >= 4 is 57.2 Å². The van der Waals surface area contributed by atoms with Gasteiger partial charge < -0.3 is 0 Å². The van der Waals surface area contributed by atoms with Gasteiger partial charge in [-0.1, -0.05) is 39.3 Å². The summed E-state index contributed by atoms with van der Waals surface area (Å²) in [4.78, 5) is 0. The monoisotopic (exact) mass is 296 g/mol. The fourth-order valence-corrected chi connectivity index (χ4v) is 20.4. The highest BCUT2D eigenvalue weighted by molar-refractivity contribution is 8.32. The van der Waals surface area contributed by atoms with Crippen LogP contribution in [0.5, 0.6) is 0 Å². The topological polar surface area (TPSA) is 0 Å². The van der Waals surface area contributed by atoms with Crippen LogP contribution >= 0.6 is 37.7 Å². The van der Waals surface area contributed by atoms with Crippen molar-refractivity contribution in [1.29, 1.82) is 0 Å². The van der Waals surface area contributed by atoms with E-state index in [1.54, 1.807) is 16.8 Å². The molecule has 0 N–H and O–H groups in total. The second kappa shape index (κ2) is 4.69. The lowest BCUT2D eigenvalue weighted by Gasteiger charge is -2.13. The Labute approximate surface area is 101 Å². The molecular formula is C8H18P2S2Si2. The molecule has 0 bridgehead atoms. The molecule has 6 heteroatoms. The first-order valence-corrected chi connectivity index (χ1v) is 16.5. The van der Waals surface area contributed by atoms with E-state index in [9.17, 15) is 0 Å². The zero-order chi connectivity index (χ0) is 11.0. The van der Waals surface area contributed by atoms with Gasteiger partial charge in [-0.05, 0) is 8.19 Å². The highest BCUT2D eigenvalue weighted by Crippen LogP contribution is 2.43. The van der Waals surface area contributed by atoms with Crippen LogP contribution < -0.4 is 4.23 Å². The minimum absolute atomic E-state index is 0.956. The fraction of sp³-hybridized carbons (Fsp3) is 0.750. The third-order valence-corrected chi connectivity index (χ3v) is 17.6. The van der Waals surface area contributed by atoms with Crippen molar-refractivity contribution in [3.8, 4) is 0 Å². The van der Waals surface area contributed by atoms with Crippen LogP contribution in [0.25, 0.3) is 0 Å². The molecule has 1 rings (SSSR count). The van der Waals surface area contributed by atoms with Gasteiger partial charge in [0.1, 0.15) is 7.22 Å². The average Bonchev–Trinajstić information content (AvgIpc) is 2.29. The molecule has 14 heavy (non-hydrogen) atoms. The van der Waals surface area contributed by atoms with Crippen molar-refractivity contribution in [2.45, 2.75) is 43.6 Å². The van der Waals surface area contributed by atoms with Crippen LogP contribution in [0.2, 0.25) is 39.3 Å². The Morgan fingerprint density at radius 1 is 1.07 bits per heavy atom. The van der Waals surface area contributed by atoms with Gasteiger partial charge >= 0.3 is 0 Å². The van der Waals surface area contributed by atoms with Gasteiger partial charge in [-0.2, -0.15) is 0 Å². The summed E-state index contributed by atoms with van der Waals surface area (Å²) >= 11 is 2.20. The van der Waals surface area contributed by atoms with E-state index in [0.29, 0.717) is 0 Å². The summed E-state index contributed by atoms with van der Waals surface area (Å²) in [6.45, 7) is 14.7. The van der Waals surface area contributed by atoms with Gasteiger partial charge in [-0.25, -0.2) is 0 Å². The molecule has 0 unspecified atom stereocenters. The first kappa shape index (κ1) is 13.4. The predicted octanol–water partition coefficient (Wildman–Crippen LogP) is 5.38. The highest BCUT2D eigenvalue weighted by Gasteiger charge is 2.22. The SMILES string of the molecule is C[Si](C)(C)Sc1psc([Si](C)(C)C)p1. The van der Waals surface area contributed by atoms with Crippen molar-refractivity contribution in [2.75, 3.05) is 0 Å². The first-order valence-electron chi connectivity index (χ1n) is 4.72. The fourth-order valence-electron chi connectivity index (χ4n) is 0.830. The Kier molecular flexibility index (Phi) is 4.49. The van der Waals surface area contributed by atoms with Crippen LogP contribution in [0.4, 0.5) is 0 Å². The van der Waals surface area contributed by atoms with Crippen LogP contribution in [-0.4, -0.2) is 15.3 Å². The Bertz CT molecular complexity index is 312. The van der Waals surface area contributed by atoms with Crippen LogP contribution in [-0.2, 0) is 0 Å². The molecule has 1 heterocycles. The van der Waals surface area contributed by atoms with E-state index in [0.717, 1.165) is 0 Å². The summed E-state index contributed by atoms with van der Waals surface area (Å²) in [5, 5.41) is 0. The average molecular weight is 296 g/mol. The standard InChI is InChI=1S/C8H18P2S2Si2/c1-13(2,3)8-9-7(10-11-8)12-14(4,5)6/h1-6H3. The molecule has 0 aliphatic carbocycles. The maximum absolute atomic E-state index is 2.46. The summed E-state index contributed by atoms with van der Waals surface area (Å²) in [5.74, 6) is 0. The van der Waals surface area contributed by atoms with Gasteiger partial charge in [-0.15, -0.1) is 22.2 Å². The van der Waals surface area contributed by atoms with E-state index < -0.39 is 15.3 Å². The maximum atomic E-state index is 2.46. The predicted molar refractivity (Wildman–Crippen MR) is 81.5 cm³/mol. The van der Waals surface area contributed by atoms with E-state index in [2.05, 4.69) is 61.4 Å². The van der Waals surface area contributed by atoms with Gasteiger partial charge in [0.25, 0.3) is 0 Å². The van der Waals surface area contributed by atoms with Gasteiger partial charge in [0, 0.05) is 11.6 Å². The quantitative estimate of drug-likeness (QED) is 0.675. The van der Waals surface area contributed by atoms with Crippen molar-refractivity contribution in [1.82, 2.24) is 0 Å². The number of rotatable bonds is 3. The molecule has 1 aromatic rings. The second-order valence-electron chi connectivity index (χ2n) is 5.35. The molecule has 0 atom stereocenters. The minimum Gasteiger partial charge on any atom is -0.142 e. The molecule has 0 amide bonds. The van der Waals surface area contributed by atoms with Gasteiger partial charge in [0.15, 0.2) is 0 Å².